The molecule has 1 aliphatic rings. The van der Waals surface area contributed by atoms with Crippen LogP contribution < -0.4 is 0 Å². The molecule has 0 radical (unpaired) electrons. The van der Waals surface area contributed by atoms with Crippen LogP contribution in [0.2, 0.25) is 0 Å². The summed E-state index contributed by atoms with van der Waals surface area (Å²) in [6, 6.07) is 17.7. The average molecular weight is 365 g/mol. The molecule has 0 amide bonds. The van der Waals surface area contributed by atoms with Crippen LogP contribution in [0, 0.1) is 0 Å². The van der Waals surface area contributed by atoms with Crippen molar-refractivity contribution in [1.29, 1.82) is 0 Å². The summed E-state index contributed by atoms with van der Waals surface area (Å²) in [4.78, 5) is 0. The molecule has 0 aliphatic heterocycles. The second-order valence-corrected chi connectivity index (χ2v) is 7.94. The normalized spacial score (nSPS) is 20.2. The van der Waals surface area contributed by atoms with E-state index >= 15 is 0 Å². The van der Waals surface area contributed by atoms with Crippen LogP contribution in [0.25, 0.3) is 17.2 Å². The lowest BCUT2D eigenvalue weighted by atomic mass is 9.83. The molecule has 0 atom stereocenters. The first kappa shape index (κ1) is 19.9. The van der Waals surface area contributed by atoms with Crippen molar-refractivity contribution >= 4 is 6.08 Å². The summed E-state index contributed by atoms with van der Waals surface area (Å²) in [6.07, 6.45) is 13.8. The van der Waals surface area contributed by atoms with E-state index in [0.717, 1.165) is 25.7 Å². The van der Waals surface area contributed by atoms with E-state index in [1.807, 2.05) is 0 Å². The quantitative estimate of drug-likeness (QED) is 0.413. The van der Waals surface area contributed by atoms with Crippen LogP contribution >= 0.6 is 0 Å². The smallest absolute Gasteiger partial charge is 0.100 e. The van der Waals surface area contributed by atoms with Gasteiger partial charge >= 0.3 is 0 Å². The monoisotopic (exact) mass is 364 g/mol. The van der Waals surface area contributed by atoms with Gasteiger partial charge in [-0.2, -0.15) is 0 Å². The Morgan fingerprint density at radius 1 is 0.815 bits per heavy atom. The highest BCUT2D eigenvalue weighted by molar-refractivity contribution is 5.66. The zero-order chi connectivity index (χ0) is 18.9. The number of hydrogen-bond donors (Lipinski definition) is 0. The molecule has 27 heavy (non-hydrogen) atoms. The predicted molar refractivity (Wildman–Crippen MR) is 116 cm³/mol. The first-order valence-electron chi connectivity index (χ1n) is 10.8. The van der Waals surface area contributed by atoms with E-state index in [9.17, 15) is 4.39 Å². The van der Waals surface area contributed by atoms with Crippen molar-refractivity contribution in [3.05, 3.63) is 65.7 Å². The Morgan fingerprint density at radius 2 is 1.44 bits per heavy atom. The number of rotatable bonds is 8. The molecule has 144 valence electrons. The molecule has 1 fully saturated rings. The van der Waals surface area contributed by atoms with E-state index < -0.39 is 6.17 Å². The van der Waals surface area contributed by atoms with Crippen molar-refractivity contribution in [1.82, 2.24) is 0 Å². The number of halogens is 1. The molecule has 0 heterocycles. The van der Waals surface area contributed by atoms with Gasteiger partial charge < -0.3 is 0 Å². The number of allylic oxidation sites excluding steroid dienone is 1. The number of hydrogen-bond acceptors (Lipinski definition) is 0. The Labute approximate surface area is 164 Å². The molecule has 0 saturated heterocycles. The molecular weight excluding hydrogens is 331 g/mol. The summed E-state index contributed by atoms with van der Waals surface area (Å²) in [5.41, 5.74) is 5.16. The Bertz CT molecular complexity index is 688. The van der Waals surface area contributed by atoms with Crippen LogP contribution in [0.3, 0.4) is 0 Å². The second kappa shape index (κ2) is 10.4. The molecule has 3 rings (SSSR count). The van der Waals surface area contributed by atoms with E-state index in [1.54, 1.807) is 0 Å². The van der Waals surface area contributed by atoms with Gasteiger partial charge in [-0.3, -0.25) is 0 Å². The summed E-state index contributed by atoms with van der Waals surface area (Å²) in [6.45, 7) is 2.25. The van der Waals surface area contributed by atoms with Crippen molar-refractivity contribution in [3.8, 4) is 11.1 Å². The van der Waals surface area contributed by atoms with Crippen LogP contribution in [0.5, 0.6) is 0 Å². The summed E-state index contributed by atoms with van der Waals surface area (Å²) < 4.78 is 13.3. The Balaban J connectivity index is 1.54. The van der Waals surface area contributed by atoms with Crippen molar-refractivity contribution in [3.63, 3.8) is 0 Å². The molecule has 2 aromatic rings. The largest absolute Gasteiger partial charge is 0.247 e. The van der Waals surface area contributed by atoms with Gasteiger partial charge in [0.2, 0.25) is 0 Å². The van der Waals surface area contributed by atoms with Gasteiger partial charge in [0, 0.05) is 0 Å². The van der Waals surface area contributed by atoms with Crippen molar-refractivity contribution in [2.24, 2.45) is 0 Å². The van der Waals surface area contributed by atoms with E-state index in [4.69, 9.17) is 0 Å². The fraction of sp³-hybridized carbons (Fsp3) is 0.462. The SMILES string of the molecule is CCCCCC/C=C/c1ccc(-c2ccc(C3CCC(F)CC3)cc2)cc1. The molecule has 2 aromatic carbocycles. The lowest BCUT2D eigenvalue weighted by Gasteiger charge is -2.24. The standard InChI is InChI=1S/C26H33F/c1-2-3-4-5-6-7-8-21-9-11-22(12-10-21)23-13-15-24(16-14-23)25-17-19-26(27)20-18-25/h7-16,25-26H,2-6,17-20H2,1H3/b8-7+. The van der Waals surface area contributed by atoms with Crippen molar-refractivity contribution in [2.75, 3.05) is 0 Å². The third-order valence-electron chi connectivity index (χ3n) is 5.82. The maximum Gasteiger partial charge on any atom is 0.100 e. The van der Waals surface area contributed by atoms with Crippen LogP contribution in [0.4, 0.5) is 4.39 Å². The van der Waals surface area contributed by atoms with E-state index in [1.165, 1.54) is 54.4 Å². The van der Waals surface area contributed by atoms with Crippen LogP contribution in [0.1, 0.15) is 81.8 Å². The average Bonchev–Trinajstić information content (AvgIpc) is 2.72. The first-order chi connectivity index (χ1) is 13.3. The minimum atomic E-state index is -0.579. The highest BCUT2D eigenvalue weighted by Gasteiger charge is 2.21. The minimum absolute atomic E-state index is 0.538. The molecule has 0 N–H and O–H groups in total. The second-order valence-electron chi connectivity index (χ2n) is 7.94. The van der Waals surface area contributed by atoms with Crippen LogP contribution in [-0.4, -0.2) is 6.17 Å². The zero-order valence-electron chi connectivity index (χ0n) is 16.7. The van der Waals surface area contributed by atoms with Crippen molar-refractivity contribution in [2.45, 2.75) is 76.8 Å². The lowest BCUT2D eigenvalue weighted by Crippen LogP contribution is -2.13. The Hall–Kier alpha value is -1.89. The third kappa shape index (κ3) is 6.06. The predicted octanol–water partition coefficient (Wildman–Crippen LogP) is 8.33. The fourth-order valence-electron chi connectivity index (χ4n) is 4.03. The van der Waals surface area contributed by atoms with Gasteiger partial charge in [-0.05, 0) is 66.7 Å². The van der Waals surface area contributed by atoms with Crippen molar-refractivity contribution < 1.29 is 4.39 Å². The summed E-state index contributed by atoms with van der Waals surface area (Å²) in [5.74, 6) is 0.538. The van der Waals surface area contributed by atoms with Crippen LogP contribution in [0.15, 0.2) is 54.6 Å². The highest BCUT2D eigenvalue weighted by Crippen LogP contribution is 2.34. The zero-order valence-corrected chi connectivity index (χ0v) is 16.7. The third-order valence-corrected chi connectivity index (χ3v) is 5.82. The molecule has 0 aromatic heterocycles. The van der Waals surface area contributed by atoms with E-state index in [-0.39, 0.29) is 0 Å². The maximum atomic E-state index is 13.3. The Kier molecular flexibility index (Phi) is 7.68. The van der Waals surface area contributed by atoms with Gasteiger partial charge in [0.15, 0.2) is 0 Å². The molecule has 1 saturated carbocycles. The van der Waals surface area contributed by atoms with Gasteiger partial charge in [-0.1, -0.05) is 86.9 Å². The molecule has 0 nitrogen and oxygen atoms in total. The molecular formula is C26H33F. The van der Waals surface area contributed by atoms with Gasteiger partial charge in [-0.25, -0.2) is 4.39 Å². The number of alkyl halides is 1. The highest BCUT2D eigenvalue weighted by atomic mass is 19.1. The van der Waals surface area contributed by atoms with E-state index in [0.29, 0.717) is 5.92 Å². The first-order valence-corrected chi connectivity index (χ1v) is 10.8. The Morgan fingerprint density at radius 3 is 2.07 bits per heavy atom. The van der Waals surface area contributed by atoms with Gasteiger partial charge in [0.05, 0.1) is 0 Å². The molecule has 0 bridgehead atoms. The minimum Gasteiger partial charge on any atom is -0.247 e. The molecule has 1 aliphatic carbocycles. The van der Waals surface area contributed by atoms with Gasteiger partial charge in [0.1, 0.15) is 6.17 Å². The summed E-state index contributed by atoms with van der Waals surface area (Å²) >= 11 is 0. The van der Waals surface area contributed by atoms with E-state index in [2.05, 4.69) is 67.6 Å². The maximum absolute atomic E-state index is 13.3. The number of unbranched alkanes of at least 4 members (excludes halogenated alkanes) is 4. The van der Waals surface area contributed by atoms with Gasteiger partial charge in [-0.15, -0.1) is 0 Å². The van der Waals surface area contributed by atoms with Gasteiger partial charge in [0.25, 0.3) is 0 Å². The number of benzene rings is 2. The molecule has 1 heteroatoms. The fourth-order valence-corrected chi connectivity index (χ4v) is 4.03. The topological polar surface area (TPSA) is 0 Å². The molecule has 0 unspecified atom stereocenters. The molecule has 0 spiro atoms. The summed E-state index contributed by atoms with van der Waals surface area (Å²) in [7, 11) is 0. The van der Waals surface area contributed by atoms with Crippen LogP contribution in [-0.2, 0) is 0 Å². The lowest BCUT2D eigenvalue weighted by molar-refractivity contribution is 0.235. The summed E-state index contributed by atoms with van der Waals surface area (Å²) in [5, 5.41) is 0.